The van der Waals surface area contributed by atoms with Crippen molar-refractivity contribution in [2.75, 3.05) is 6.61 Å². The summed E-state index contributed by atoms with van der Waals surface area (Å²) in [6.07, 6.45) is 7.55. The first-order chi connectivity index (χ1) is 6.19. The normalized spacial score (nSPS) is 30.0. The maximum absolute atomic E-state index is 8.95. The highest BCUT2D eigenvalue weighted by Crippen LogP contribution is 2.30. The number of aliphatic hydroxyl groups excluding tert-OH is 1. The molecule has 1 aliphatic carbocycles. The molecule has 0 aliphatic heterocycles. The van der Waals surface area contributed by atoms with E-state index >= 15 is 0 Å². The fourth-order valence-corrected chi connectivity index (χ4v) is 2.63. The van der Waals surface area contributed by atoms with Crippen LogP contribution in [0.5, 0.6) is 0 Å². The minimum absolute atomic E-state index is 0.145. The first-order valence-electron chi connectivity index (χ1n) is 4.82. The lowest BCUT2D eigenvalue weighted by atomic mass is 9.85. The molecule has 0 amide bonds. The molecule has 0 aromatic carbocycles. The predicted molar refractivity (Wildman–Crippen MR) is 60.0 cm³/mol. The molecule has 0 bridgehead atoms. The monoisotopic (exact) mass is 244 g/mol. The van der Waals surface area contributed by atoms with Gasteiger partial charge in [0.2, 0.25) is 0 Å². The van der Waals surface area contributed by atoms with Crippen LogP contribution in [0.2, 0.25) is 0 Å². The second kappa shape index (κ2) is 4.97. The van der Waals surface area contributed by atoms with Gasteiger partial charge in [-0.15, -0.1) is 0 Å². The summed E-state index contributed by atoms with van der Waals surface area (Å²) in [7, 11) is 0. The summed E-state index contributed by atoms with van der Waals surface area (Å²) in [5.41, 5.74) is 1.02. The minimum atomic E-state index is 0.145. The average Bonchev–Trinajstić information content (AvgIpc) is 2.16. The summed E-state index contributed by atoms with van der Waals surface area (Å²) in [4.78, 5) is 0.384. The van der Waals surface area contributed by atoms with Crippen LogP contribution < -0.4 is 0 Å². The third kappa shape index (κ3) is 2.68. The van der Waals surface area contributed by atoms with Crippen molar-refractivity contribution in [3.63, 3.8) is 0 Å². The second-order valence-corrected chi connectivity index (χ2v) is 4.72. The predicted octanol–water partition coefficient (Wildman–Crippen LogP) is 2.90. The zero-order valence-corrected chi connectivity index (χ0v) is 9.79. The number of aliphatic hydroxyl groups is 1. The van der Waals surface area contributed by atoms with Crippen LogP contribution in [0.4, 0.5) is 0 Å². The summed E-state index contributed by atoms with van der Waals surface area (Å²) >= 11 is 3.64. The van der Waals surface area contributed by atoms with Crippen molar-refractivity contribution < 1.29 is 5.11 Å². The Hall–Kier alpha value is -0.0800. The van der Waals surface area contributed by atoms with Gasteiger partial charge in [0.15, 0.2) is 0 Å². The highest BCUT2D eigenvalue weighted by atomic mass is 79.9. The van der Waals surface area contributed by atoms with Crippen LogP contribution in [-0.2, 0) is 0 Å². The maximum atomic E-state index is 8.95. The van der Waals surface area contributed by atoms with Gasteiger partial charge in [0.1, 0.15) is 0 Å². The van der Waals surface area contributed by atoms with E-state index in [0.717, 1.165) is 5.57 Å². The summed E-state index contributed by atoms with van der Waals surface area (Å²) < 4.78 is 0. The van der Waals surface area contributed by atoms with Gasteiger partial charge in [0.05, 0.1) is 6.61 Å². The van der Waals surface area contributed by atoms with E-state index in [1.54, 1.807) is 0 Å². The van der Waals surface area contributed by atoms with E-state index in [0.29, 0.717) is 16.7 Å². The van der Waals surface area contributed by atoms with Crippen LogP contribution in [-0.4, -0.2) is 16.5 Å². The van der Waals surface area contributed by atoms with Gasteiger partial charge < -0.3 is 5.11 Å². The van der Waals surface area contributed by atoms with Crippen LogP contribution in [0.1, 0.15) is 20.3 Å². The molecule has 1 nitrogen and oxygen atoms in total. The molecule has 1 N–H and O–H groups in total. The molecule has 0 aromatic rings. The third-order valence-electron chi connectivity index (χ3n) is 2.76. The van der Waals surface area contributed by atoms with Crippen LogP contribution in [0.25, 0.3) is 0 Å². The molecule has 0 saturated carbocycles. The lowest BCUT2D eigenvalue weighted by Gasteiger charge is -2.26. The van der Waals surface area contributed by atoms with Crippen molar-refractivity contribution in [2.24, 2.45) is 11.8 Å². The van der Waals surface area contributed by atoms with E-state index in [9.17, 15) is 0 Å². The molecular weight excluding hydrogens is 228 g/mol. The minimum Gasteiger partial charge on any atom is -0.392 e. The quantitative estimate of drug-likeness (QED) is 0.758. The molecule has 0 aromatic heterocycles. The third-order valence-corrected chi connectivity index (χ3v) is 3.63. The lowest BCUT2D eigenvalue weighted by Crippen LogP contribution is -2.21. The molecule has 2 heteroatoms. The van der Waals surface area contributed by atoms with E-state index in [4.69, 9.17) is 5.11 Å². The van der Waals surface area contributed by atoms with Crippen molar-refractivity contribution in [1.82, 2.24) is 0 Å². The molecule has 0 radical (unpaired) electrons. The molecule has 74 valence electrons. The summed E-state index contributed by atoms with van der Waals surface area (Å²) in [5.74, 6) is 1.26. The van der Waals surface area contributed by atoms with Crippen LogP contribution in [0, 0.1) is 11.8 Å². The number of hydrogen-bond acceptors (Lipinski definition) is 1. The van der Waals surface area contributed by atoms with Crippen molar-refractivity contribution in [3.05, 3.63) is 23.8 Å². The topological polar surface area (TPSA) is 20.2 Å². The lowest BCUT2D eigenvalue weighted by molar-refractivity contribution is 0.332. The van der Waals surface area contributed by atoms with E-state index in [-0.39, 0.29) is 6.61 Å². The van der Waals surface area contributed by atoms with Crippen molar-refractivity contribution in [2.45, 2.75) is 25.1 Å². The largest absolute Gasteiger partial charge is 0.392 e. The molecule has 3 atom stereocenters. The first kappa shape index (κ1) is 11.0. The Morgan fingerprint density at radius 2 is 2.31 bits per heavy atom. The molecule has 1 rings (SSSR count). The average molecular weight is 245 g/mol. The van der Waals surface area contributed by atoms with E-state index in [2.05, 4.69) is 41.9 Å². The van der Waals surface area contributed by atoms with E-state index in [1.165, 1.54) is 6.42 Å². The van der Waals surface area contributed by atoms with Gasteiger partial charge in [-0.3, -0.25) is 0 Å². The molecule has 0 fully saturated rings. The number of hydrogen-bond donors (Lipinski definition) is 1. The number of halogens is 1. The van der Waals surface area contributed by atoms with Gasteiger partial charge in [-0.05, 0) is 17.4 Å². The number of rotatable bonds is 3. The standard InChI is InChI=1S/C11H17BrO/c1-3-8(2)10-5-4-9(7-13)6-11(10)12/h4-6,8,10-11,13H,3,7H2,1-2H3. The zero-order chi connectivity index (χ0) is 9.84. The number of alkyl halides is 1. The van der Waals surface area contributed by atoms with Gasteiger partial charge in [-0.2, -0.15) is 0 Å². The molecular formula is C11H17BrO. The smallest absolute Gasteiger partial charge is 0.0679 e. The molecule has 13 heavy (non-hydrogen) atoms. The Labute approximate surface area is 88.7 Å². The summed E-state index contributed by atoms with van der Waals surface area (Å²) in [6, 6.07) is 0. The van der Waals surface area contributed by atoms with E-state index < -0.39 is 0 Å². The zero-order valence-electron chi connectivity index (χ0n) is 8.20. The van der Waals surface area contributed by atoms with Crippen molar-refractivity contribution >= 4 is 15.9 Å². The summed E-state index contributed by atoms with van der Waals surface area (Å²) in [6.45, 7) is 4.62. The van der Waals surface area contributed by atoms with Gasteiger partial charge in [-0.25, -0.2) is 0 Å². The fourth-order valence-electron chi connectivity index (χ4n) is 1.59. The Morgan fingerprint density at radius 1 is 1.62 bits per heavy atom. The summed E-state index contributed by atoms with van der Waals surface area (Å²) in [5, 5.41) is 8.95. The van der Waals surface area contributed by atoms with Crippen LogP contribution >= 0.6 is 15.9 Å². The Bertz CT molecular complexity index is 220. The van der Waals surface area contributed by atoms with E-state index in [1.807, 2.05) is 6.08 Å². The van der Waals surface area contributed by atoms with Gasteiger partial charge >= 0.3 is 0 Å². The molecule has 0 heterocycles. The molecule has 0 spiro atoms. The highest BCUT2D eigenvalue weighted by Gasteiger charge is 2.22. The molecule has 1 aliphatic rings. The Balaban J connectivity index is 2.65. The first-order valence-corrected chi connectivity index (χ1v) is 5.74. The fraction of sp³-hybridized carbons (Fsp3) is 0.636. The van der Waals surface area contributed by atoms with Gasteiger partial charge in [0, 0.05) is 4.83 Å². The highest BCUT2D eigenvalue weighted by molar-refractivity contribution is 9.09. The second-order valence-electron chi connectivity index (χ2n) is 3.67. The van der Waals surface area contributed by atoms with Gasteiger partial charge in [0.25, 0.3) is 0 Å². The van der Waals surface area contributed by atoms with Crippen LogP contribution in [0.3, 0.4) is 0 Å². The Kier molecular flexibility index (Phi) is 4.20. The van der Waals surface area contributed by atoms with Crippen LogP contribution in [0.15, 0.2) is 23.8 Å². The molecule has 3 unspecified atom stereocenters. The number of allylic oxidation sites excluding steroid dienone is 2. The Morgan fingerprint density at radius 3 is 2.77 bits per heavy atom. The molecule has 0 saturated heterocycles. The SMILES string of the molecule is CCC(C)C1C=CC(CO)=CC1Br. The maximum Gasteiger partial charge on any atom is 0.0679 e. The van der Waals surface area contributed by atoms with Crippen molar-refractivity contribution in [1.29, 1.82) is 0 Å². The van der Waals surface area contributed by atoms with Gasteiger partial charge in [-0.1, -0.05) is 54.4 Å². The van der Waals surface area contributed by atoms with Crippen molar-refractivity contribution in [3.8, 4) is 0 Å².